The van der Waals surface area contributed by atoms with Crippen molar-refractivity contribution >= 4 is 11.7 Å². The van der Waals surface area contributed by atoms with Gasteiger partial charge in [-0.25, -0.2) is 0 Å². The molecule has 1 aliphatic rings. The van der Waals surface area contributed by atoms with Crippen LogP contribution in [0.25, 0.3) is 0 Å². The largest absolute Gasteiger partial charge is 0.487 e. The molecule has 0 saturated carbocycles. The van der Waals surface area contributed by atoms with Crippen LogP contribution in [0.15, 0.2) is 59.8 Å². The first-order valence-corrected chi connectivity index (χ1v) is 8.31. The molecule has 2 aromatic carbocycles. The van der Waals surface area contributed by atoms with E-state index in [9.17, 15) is 4.79 Å². The number of ether oxygens (including phenoxy) is 2. The van der Waals surface area contributed by atoms with Gasteiger partial charge < -0.3 is 19.4 Å². The number of aliphatic carboxylic acids is 1. The highest BCUT2D eigenvalue weighted by Gasteiger charge is 2.42. The van der Waals surface area contributed by atoms with Gasteiger partial charge in [-0.05, 0) is 17.7 Å². The second-order valence-corrected chi connectivity index (χ2v) is 6.24. The van der Waals surface area contributed by atoms with Crippen LogP contribution in [0.5, 0.6) is 5.75 Å². The third kappa shape index (κ3) is 4.03. The molecule has 0 spiro atoms. The minimum atomic E-state index is -0.822. The normalized spacial score (nSPS) is 15.8. The average molecular weight is 355 g/mol. The van der Waals surface area contributed by atoms with Gasteiger partial charge in [-0.1, -0.05) is 47.6 Å². The van der Waals surface area contributed by atoms with Crippen molar-refractivity contribution in [3.8, 4) is 5.75 Å². The highest BCUT2D eigenvalue weighted by molar-refractivity contribution is 6.01. The molecule has 0 aliphatic carbocycles. The van der Waals surface area contributed by atoms with E-state index >= 15 is 0 Å². The fourth-order valence-corrected chi connectivity index (χ4v) is 2.97. The number of carboxylic acid groups (broad SMARTS) is 1. The Morgan fingerprint density at radius 2 is 1.85 bits per heavy atom. The van der Waals surface area contributed by atoms with Crippen molar-refractivity contribution in [2.45, 2.75) is 11.8 Å². The van der Waals surface area contributed by atoms with Crippen LogP contribution >= 0.6 is 0 Å². The Kier molecular flexibility index (Phi) is 5.53. The Morgan fingerprint density at radius 3 is 2.38 bits per heavy atom. The van der Waals surface area contributed by atoms with Gasteiger partial charge in [-0.2, -0.15) is 0 Å². The quantitative estimate of drug-likeness (QED) is 0.582. The average Bonchev–Trinajstić information content (AvgIpc) is 2.63. The monoisotopic (exact) mass is 355 g/mol. The van der Waals surface area contributed by atoms with Gasteiger partial charge in [0.15, 0.2) is 0 Å². The fraction of sp³-hybridized carbons (Fsp3) is 0.300. The molecule has 0 amide bonds. The first-order valence-electron chi connectivity index (χ1n) is 8.31. The van der Waals surface area contributed by atoms with E-state index in [1.54, 1.807) is 0 Å². The lowest BCUT2D eigenvalue weighted by Crippen LogP contribution is -2.48. The Labute approximate surface area is 152 Å². The minimum Gasteiger partial charge on any atom is -0.487 e. The first kappa shape index (κ1) is 17.9. The topological polar surface area (TPSA) is 77.4 Å². The number of nitrogens with zero attached hydrogens (tertiary/aromatic N) is 1. The van der Waals surface area contributed by atoms with E-state index in [-0.39, 0.29) is 13.0 Å². The molecule has 2 aromatic rings. The molecular weight excluding hydrogens is 334 g/mol. The van der Waals surface area contributed by atoms with Crippen molar-refractivity contribution in [3.05, 3.63) is 65.7 Å². The highest BCUT2D eigenvalue weighted by atomic mass is 16.6. The molecule has 1 fully saturated rings. The Bertz CT molecular complexity index is 767. The molecule has 26 heavy (non-hydrogen) atoms. The van der Waals surface area contributed by atoms with E-state index in [0.29, 0.717) is 24.7 Å². The summed E-state index contributed by atoms with van der Waals surface area (Å²) in [6, 6.07) is 17.2. The third-order valence-electron chi connectivity index (χ3n) is 4.40. The summed E-state index contributed by atoms with van der Waals surface area (Å²) in [5.74, 6) is -0.142. The summed E-state index contributed by atoms with van der Waals surface area (Å²) in [5, 5.41) is 13.2. The summed E-state index contributed by atoms with van der Waals surface area (Å²) < 4.78 is 11.1. The number of oxime groups is 1. The van der Waals surface area contributed by atoms with E-state index < -0.39 is 11.4 Å². The molecule has 0 bridgehead atoms. The third-order valence-corrected chi connectivity index (χ3v) is 4.40. The zero-order chi connectivity index (χ0) is 18.4. The van der Waals surface area contributed by atoms with Crippen molar-refractivity contribution in [2.24, 2.45) is 5.16 Å². The van der Waals surface area contributed by atoms with Crippen LogP contribution in [-0.2, 0) is 19.8 Å². The van der Waals surface area contributed by atoms with Crippen LogP contribution in [0, 0.1) is 0 Å². The van der Waals surface area contributed by atoms with Gasteiger partial charge in [-0.3, -0.25) is 4.79 Å². The molecule has 1 aliphatic heterocycles. The molecule has 1 heterocycles. The number of carbonyl (C=O) groups is 1. The van der Waals surface area contributed by atoms with Gasteiger partial charge >= 0.3 is 5.97 Å². The molecule has 0 aromatic heterocycles. The number of hydrogen-bond donors (Lipinski definition) is 1. The SMILES string of the molecule is CON=C(COc1ccc(C2(CC(=O)O)COC2)cc1)c1ccccc1. The predicted octanol–water partition coefficient (Wildman–Crippen LogP) is 2.86. The molecule has 0 atom stereocenters. The molecule has 6 nitrogen and oxygen atoms in total. The number of carboxylic acids is 1. The second-order valence-electron chi connectivity index (χ2n) is 6.24. The minimum absolute atomic E-state index is 0.0614. The first-order chi connectivity index (χ1) is 12.6. The Hall–Kier alpha value is -2.86. The van der Waals surface area contributed by atoms with Gasteiger partial charge in [0.05, 0.1) is 25.0 Å². The van der Waals surface area contributed by atoms with Crippen molar-refractivity contribution in [1.82, 2.24) is 0 Å². The van der Waals surface area contributed by atoms with Crippen LogP contribution in [0.3, 0.4) is 0 Å². The summed E-state index contributed by atoms with van der Waals surface area (Å²) in [7, 11) is 1.50. The molecule has 6 heteroatoms. The van der Waals surface area contributed by atoms with Gasteiger partial charge in [0.2, 0.25) is 0 Å². The van der Waals surface area contributed by atoms with Gasteiger partial charge in [0.25, 0.3) is 0 Å². The van der Waals surface area contributed by atoms with Gasteiger partial charge in [0, 0.05) is 5.56 Å². The van der Waals surface area contributed by atoms with Gasteiger partial charge in [-0.15, -0.1) is 0 Å². The lowest BCUT2D eigenvalue weighted by Gasteiger charge is -2.40. The lowest BCUT2D eigenvalue weighted by atomic mass is 9.76. The van der Waals surface area contributed by atoms with Crippen molar-refractivity contribution in [1.29, 1.82) is 0 Å². The van der Waals surface area contributed by atoms with Crippen LogP contribution < -0.4 is 4.74 Å². The standard InChI is InChI=1S/C20H21NO5/c1-24-21-18(15-5-3-2-4-6-15)12-26-17-9-7-16(8-10-17)20(11-19(22)23)13-25-14-20/h2-10H,11-14H2,1H3,(H,22,23). The summed E-state index contributed by atoms with van der Waals surface area (Å²) in [5.41, 5.74) is 2.13. The van der Waals surface area contributed by atoms with Crippen LogP contribution in [0.1, 0.15) is 17.5 Å². The molecule has 0 radical (unpaired) electrons. The van der Waals surface area contributed by atoms with Crippen molar-refractivity contribution in [3.63, 3.8) is 0 Å². The smallest absolute Gasteiger partial charge is 0.304 e. The highest BCUT2D eigenvalue weighted by Crippen LogP contribution is 2.36. The molecular formula is C20H21NO5. The fourth-order valence-electron chi connectivity index (χ4n) is 2.97. The summed E-state index contributed by atoms with van der Waals surface area (Å²) in [6.45, 7) is 1.12. The van der Waals surface area contributed by atoms with Crippen molar-refractivity contribution < 1.29 is 24.2 Å². The summed E-state index contributed by atoms with van der Waals surface area (Å²) >= 11 is 0. The number of benzene rings is 2. The Balaban J connectivity index is 1.67. The molecule has 1 saturated heterocycles. The zero-order valence-corrected chi connectivity index (χ0v) is 14.6. The summed E-state index contributed by atoms with van der Waals surface area (Å²) in [4.78, 5) is 16.0. The van der Waals surface area contributed by atoms with E-state index in [0.717, 1.165) is 11.1 Å². The van der Waals surface area contributed by atoms with Crippen LogP contribution in [0.2, 0.25) is 0 Å². The maximum Gasteiger partial charge on any atom is 0.304 e. The number of hydrogen-bond acceptors (Lipinski definition) is 5. The Morgan fingerprint density at radius 1 is 1.15 bits per heavy atom. The second kappa shape index (κ2) is 8.01. The summed E-state index contributed by atoms with van der Waals surface area (Å²) in [6.07, 6.45) is 0.0614. The van der Waals surface area contributed by atoms with E-state index in [2.05, 4.69) is 5.16 Å². The predicted molar refractivity (Wildman–Crippen MR) is 96.7 cm³/mol. The van der Waals surface area contributed by atoms with Crippen LogP contribution in [0.4, 0.5) is 0 Å². The maximum atomic E-state index is 11.1. The molecule has 1 N–H and O–H groups in total. The van der Waals surface area contributed by atoms with E-state index in [1.807, 2.05) is 54.6 Å². The van der Waals surface area contributed by atoms with Crippen molar-refractivity contribution in [2.75, 3.05) is 26.9 Å². The van der Waals surface area contributed by atoms with Crippen LogP contribution in [-0.4, -0.2) is 43.7 Å². The lowest BCUT2D eigenvalue weighted by molar-refractivity contribution is -0.145. The molecule has 0 unspecified atom stereocenters. The van der Waals surface area contributed by atoms with E-state index in [4.69, 9.17) is 19.4 Å². The number of rotatable bonds is 8. The van der Waals surface area contributed by atoms with E-state index in [1.165, 1.54) is 7.11 Å². The molecule has 3 rings (SSSR count). The molecule has 136 valence electrons. The van der Waals surface area contributed by atoms with Gasteiger partial charge in [0.1, 0.15) is 25.2 Å². The zero-order valence-electron chi connectivity index (χ0n) is 14.6. The maximum absolute atomic E-state index is 11.1.